The molecule has 0 aromatic heterocycles. The van der Waals surface area contributed by atoms with Crippen molar-refractivity contribution in [2.75, 3.05) is 13.1 Å². The molecule has 0 saturated carbocycles. The summed E-state index contributed by atoms with van der Waals surface area (Å²) >= 11 is 0. The van der Waals surface area contributed by atoms with Crippen molar-refractivity contribution in [3.05, 3.63) is 71.3 Å². The Hall–Kier alpha value is -2.31. The number of hydrogen-bond donors (Lipinski definition) is 2. The summed E-state index contributed by atoms with van der Waals surface area (Å²) in [6.07, 6.45) is 1.03. The van der Waals surface area contributed by atoms with Crippen molar-refractivity contribution in [3.63, 3.8) is 0 Å². The Morgan fingerprint density at radius 2 is 1.85 bits per heavy atom. The van der Waals surface area contributed by atoms with Crippen LogP contribution < -0.4 is 5.32 Å². The summed E-state index contributed by atoms with van der Waals surface area (Å²) < 4.78 is 26.4. The molecule has 2 aromatic carbocycles. The van der Waals surface area contributed by atoms with Gasteiger partial charge in [0.25, 0.3) is 5.91 Å². The van der Waals surface area contributed by atoms with E-state index >= 15 is 0 Å². The molecular formula is C20H22F2N2O2. The molecule has 2 aromatic rings. The van der Waals surface area contributed by atoms with Gasteiger partial charge in [-0.2, -0.15) is 0 Å². The molecule has 26 heavy (non-hydrogen) atoms. The van der Waals surface area contributed by atoms with Crippen molar-refractivity contribution in [1.29, 1.82) is 0 Å². The third-order valence-electron chi connectivity index (χ3n) is 4.65. The Morgan fingerprint density at radius 1 is 1.08 bits per heavy atom. The average Bonchev–Trinajstić information content (AvgIpc) is 2.63. The predicted octanol–water partition coefficient (Wildman–Crippen LogP) is 2.61. The van der Waals surface area contributed by atoms with Crippen LogP contribution in [0.3, 0.4) is 0 Å². The first-order chi connectivity index (χ1) is 12.5. The number of carbonyl (C=O) groups excluding carboxylic acids is 1. The lowest BCUT2D eigenvalue weighted by atomic mass is 9.91. The zero-order valence-electron chi connectivity index (χ0n) is 14.4. The van der Waals surface area contributed by atoms with Gasteiger partial charge in [0, 0.05) is 26.2 Å². The van der Waals surface area contributed by atoms with Crippen LogP contribution in [0.2, 0.25) is 0 Å². The van der Waals surface area contributed by atoms with Crippen LogP contribution in [-0.2, 0) is 17.9 Å². The summed E-state index contributed by atoms with van der Waals surface area (Å²) in [6.45, 7) is 1.34. The lowest BCUT2D eigenvalue weighted by Crippen LogP contribution is -2.57. The summed E-state index contributed by atoms with van der Waals surface area (Å²) in [5.74, 6) is -2.24. The average molecular weight is 360 g/mol. The number of rotatable bonds is 6. The minimum atomic E-state index is -1.48. The normalized spacial score (nSPS) is 20.4. The van der Waals surface area contributed by atoms with E-state index in [-0.39, 0.29) is 19.0 Å². The topological polar surface area (TPSA) is 52.6 Å². The summed E-state index contributed by atoms with van der Waals surface area (Å²) in [7, 11) is 0. The molecule has 1 fully saturated rings. The molecule has 1 amide bonds. The van der Waals surface area contributed by atoms with Crippen molar-refractivity contribution in [2.45, 2.75) is 31.5 Å². The van der Waals surface area contributed by atoms with Crippen LogP contribution in [0.15, 0.2) is 48.5 Å². The van der Waals surface area contributed by atoms with Crippen LogP contribution >= 0.6 is 0 Å². The van der Waals surface area contributed by atoms with E-state index in [9.17, 15) is 18.7 Å². The third-order valence-corrected chi connectivity index (χ3v) is 4.65. The van der Waals surface area contributed by atoms with E-state index in [0.29, 0.717) is 31.5 Å². The number of halogens is 2. The zero-order chi connectivity index (χ0) is 18.6. The van der Waals surface area contributed by atoms with Crippen molar-refractivity contribution in [1.82, 2.24) is 10.2 Å². The Labute approximate surface area is 151 Å². The molecule has 1 heterocycles. The Balaban J connectivity index is 1.61. The second-order valence-electron chi connectivity index (χ2n) is 6.70. The van der Waals surface area contributed by atoms with E-state index < -0.39 is 17.2 Å². The van der Waals surface area contributed by atoms with E-state index in [1.807, 2.05) is 30.3 Å². The van der Waals surface area contributed by atoms with Gasteiger partial charge in [0.05, 0.1) is 0 Å². The summed E-state index contributed by atoms with van der Waals surface area (Å²) in [4.78, 5) is 14.2. The monoisotopic (exact) mass is 360 g/mol. The second kappa shape index (κ2) is 7.93. The van der Waals surface area contributed by atoms with Crippen molar-refractivity contribution in [2.24, 2.45) is 0 Å². The van der Waals surface area contributed by atoms with E-state index in [2.05, 4.69) is 5.32 Å². The molecule has 1 atom stereocenters. The quantitative estimate of drug-likeness (QED) is 0.833. The minimum absolute atomic E-state index is 0.148. The van der Waals surface area contributed by atoms with Gasteiger partial charge in [0.1, 0.15) is 0 Å². The van der Waals surface area contributed by atoms with Crippen LogP contribution in [0, 0.1) is 11.6 Å². The molecule has 0 bridgehead atoms. The van der Waals surface area contributed by atoms with E-state index in [4.69, 9.17) is 0 Å². The highest BCUT2D eigenvalue weighted by atomic mass is 19.2. The maximum absolute atomic E-state index is 13.4. The number of likely N-dealkylation sites (tertiary alicyclic amines) is 1. The largest absolute Gasteiger partial charge is 0.379 e. The first kappa shape index (κ1) is 18.5. The fourth-order valence-electron chi connectivity index (χ4n) is 3.25. The number of nitrogens with zero attached hydrogens (tertiary/aromatic N) is 1. The third kappa shape index (κ3) is 4.26. The molecule has 0 aliphatic carbocycles. The molecule has 1 aliphatic heterocycles. The number of nitrogens with one attached hydrogen (secondary N) is 1. The number of amides is 1. The SMILES string of the molecule is O=C1N(Cc2ccc(F)c(F)c2)CCC[C@]1(O)CNCc1ccccc1. The second-order valence-corrected chi connectivity index (χ2v) is 6.70. The zero-order valence-corrected chi connectivity index (χ0v) is 14.4. The lowest BCUT2D eigenvalue weighted by Gasteiger charge is -2.38. The summed E-state index contributed by atoms with van der Waals surface area (Å²) in [5, 5.41) is 13.9. The van der Waals surface area contributed by atoms with Crippen LogP contribution in [0.1, 0.15) is 24.0 Å². The Bertz CT molecular complexity index is 770. The smallest absolute Gasteiger partial charge is 0.256 e. The van der Waals surface area contributed by atoms with Crippen LogP contribution in [-0.4, -0.2) is 34.6 Å². The van der Waals surface area contributed by atoms with E-state index in [1.165, 1.54) is 11.0 Å². The highest BCUT2D eigenvalue weighted by Gasteiger charge is 2.41. The van der Waals surface area contributed by atoms with Gasteiger partial charge in [-0.1, -0.05) is 36.4 Å². The van der Waals surface area contributed by atoms with Gasteiger partial charge in [0.2, 0.25) is 0 Å². The van der Waals surface area contributed by atoms with Crippen LogP contribution in [0.4, 0.5) is 8.78 Å². The first-order valence-electron chi connectivity index (χ1n) is 8.68. The van der Waals surface area contributed by atoms with E-state index in [0.717, 1.165) is 17.7 Å². The van der Waals surface area contributed by atoms with Gasteiger partial charge in [-0.3, -0.25) is 4.79 Å². The highest BCUT2D eigenvalue weighted by molar-refractivity contribution is 5.86. The molecule has 6 heteroatoms. The van der Waals surface area contributed by atoms with Gasteiger partial charge >= 0.3 is 0 Å². The molecule has 4 nitrogen and oxygen atoms in total. The first-order valence-corrected chi connectivity index (χ1v) is 8.68. The molecule has 138 valence electrons. The summed E-state index contributed by atoms with van der Waals surface area (Å²) in [6, 6.07) is 13.3. The predicted molar refractivity (Wildman–Crippen MR) is 94.1 cm³/mol. The number of carbonyl (C=O) groups is 1. The molecule has 0 radical (unpaired) electrons. The molecule has 0 spiro atoms. The summed E-state index contributed by atoms with van der Waals surface area (Å²) in [5.41, 5.74) is 0.0859. The minimum Gasteiger partial charge on any atom is -0.379 e. The van der Waals surface area contributed by atoms with Crippen LogP contribution in [0.5, 0.6) is 0 Å². The number of aliphatic hydroxyl groups is 1. The van der Waals surface area contributed by atoms with Crippen molar-refractivity contribution < 1.29 is 18.7 Å². The van der Waals surface area contributed by atoms with Gasteiger partial charge in [-0.15, -0.1) is 0 Å². The van der Waals surface area contributed by atoms with E-state index in [1.54, 1.807) is 0 Å². The van der Waals surface area contributed by atoms with Gasteiger partial charge in [-0.05, 0) is 36.1 Å². The maximum Gasteiger partial charge on any atom is 0.256 e. The van der Waals surface area contributed by atoms with Crippen LogP contribution in [0.25, 0.3) is 0 Å². The molecule has 0 unspecified atom stereocenters. The number of piperidine rings is 1. The lowest BCUT2D eigenvalue weighted by molar-refractivity contribution is -0.157. The highest BCUT2D eigenvalue weighted by Crippen LogP contribution is 2.24. The number of hydrogen-bond acceptors (Lipinski definition) is 3. The molecule has 2 N–H and O–H groups in total. The van der Waals surface area contributed by atoms with Gasteiger partial charge in [-0.25, -0.2) is 8.78 Å². The van der Waals surface area contributed by atoms with Gasteiger partial charge in [0.15, 0.2) is 17.2 Å². The fourth-order valence-corrected chi connectivity index (χ4v) is 3.25. The number of benzene rings is 2. The Kier molecular flexibility index (Phi) is 5.64. The van der Waals surface area contributed by atoms with Gasteiger partial charge < -0.3 is 15.3 Å². The standard InChI is InChI=1S/C20H22F2N2O2/c21-17-8-7-16(11-18(17)22)13-24-10-4-9-20(26,19(24)25)14-23-12-15-5-2-1-3-6-15/h1-3,5-8,11,23,26H,4,9-10,12-14H2/t20-/m0/s1. The fraction of sp³-hybridized carbons (Fsp3) is 0.350. The molecular weight excluding hydrogens is 338 g/mol. The maximum atomic E-state index is 13.4. The molecule has 3 rings (SSSR count). The Morgan fingerprint density at radius 3 is 2.58 bits per heavy atom. The van der Waals surface area contributed by atoms with Crippen molar-refractivity contribution >= 4 is 5.91 Å². The molecule has 1 aliphatic rings. The van der Waals surface area contributed by atoms with Crippen molar-refractivity contribution in [3.8, 4) is 0 Å². The molecule has 1 saturated heterocycles.